The molecular formula is C10H22NO9P2+. The highest BCUT2D eigenvalue weighted by Gasteiger charge is 2.62. The maximum Gasteiger partial charge on any atom is 0.369 e. The quantitative estimate of drug-likeness (QED) is 0.273. The van der Waals surface area contributed by atoms with Crippen LogP contribution >= 0.6 is 15.2 Å². The van der Waals surface area contributed by atoms with Crippen LogP contribution in [0, 0.1) is 5.92 Å². The van der Waals surface area contributed by atoms with Gasteiger partial charge in [0.25, 0.3) is 5.08 Å². The first-order valence-corrected chi connectivity index (χ1v) is 9.73. The summed E-state index contributed by atoms with van der Waals surface area (Å²) in [4.78, 5) is 47.8. The number of likely N-dealkylation sites (tertiary alicyclic amines) is 1. The second-order valence-electron chi connectivity index (χ2n) is 6.29. The van der Waals surface area contributed by atoms with E-state index in [1.807, 2.05) is 0 Å². The van der Waals surface area contributed by atoms with Gasteiger partial charge in [-0.15, -0.1) is 0 Å². The summed E-state index contributed by atoms with van der Waals surface area (Å²) in [5.74, 6) is -1.64. The molecule has 0 bridgehead atoms. The zero-order chi connectivity index (χ0) is 17.6. The largest absolute Gasteiger partial charge is 0.481 e. The number of hydrogen-bond acceptors (Lipinski definition) is 4. The van der Waals surface area contributed by atoms with Crippen molar-refractivity contribution in [2.24, 2.45) is 5.92 Å². The number of nitrogens with zero attached hydrogens (tertiary/aromatic N) is 1. The van der Waals surface area contributed by atoms with Crippen molar-refractivity contribution in [3.8, 4) is 0 Å². The van der Waals surface area contributed by atoms with Crippen molar-refractivity contribution in [1.82, 2.24) is 0 Å². The maximum atomic E-state index is 11.4. The number of rotatable bonds is 5. The molecule has 0 spiro atoms. The SMILES string of the molecule is C[N+]1(C)CC(C(=O)O)CCC1CC(O)(P(=O)(O)O)P(=O)(O)O. The summed E-state index contributed by atoms with van der Waals surface area (Å²) < 4.78 is 22.8. The Hall–Kier alpha value is -0.310. The zero-order valence-corrected chi connectivity index (χ0v) is 14.0. The van der Waals surface area contributed by atoms with Gasteiger partial charge in [-0.3, -0.25) is 13.9 Å². The Morgan fingerprint density at radius 1 is 1.14 bits per heavy atom. The van der Waals surface area contributed by atoms with Gasteiger partial charge in [-0.25, -0.2) is 0 Å². The molecule has 10 nitrogen and oxygen atoms in total. The van der Waals surface area contributed by atoms with Gasteiger partial charge < -0.3 is 34.3 Å². The summed E-state index contributed by atoms with van der Waals surface area (Å²) in [6.07, 6.45) is -0.437. The minimum absolute atomic E-state index is 0.0146. The van der Waals surface area contributed by atoms with Crippen LogP contribution in [0.15, 0.2) is 0 Å². The Balaban J connectivity index is 3.09. The molecule has 22 heavy (non-hydrogen) atoms. The topological polar surface area (TPSA) is 173 Å². The molecule has 1 fully saturated rings. The molecule has 0 radical (unpaired) electrons. The molecule has 0 aliphatic carbocycles. The van der Waals surface area contributed by atoms with Gasteiger partial charge in [0, 0.05) is 6.42 Å². The Labute approximate surface area is 127 Å². The number of hydrogen-bond donors (Lipinski definition) is 6. The zero-order valence-electron chi connectivity index (χ0n) is 12.2. The number of quaternary nitrogens is 1. The molecule has 1 aliphatic rings. The van der Waals surface area contributed by atoms with Crippen molar-refractivity contribution in [1.29, 1.82) is 0 Å². The predicted molar refractivity (Wildman–Crippen MR) is 74.8 cm³/mol. The smallest absolute Gasteiger partial charge is 0.369 e. The van der Waals surface area contributed by atoms with E-state index in [0.29, 0.717) is 0 Å². The van der Waals surface area contributed by atoms with Crippen LogP contribution in [0.5, 0.6) is 0 Å². The molecule has 0 amide bonds. The van der Waals surface area contributed by atoms with Gasteiger partial charge in [-0.1, -0.05) is 0 Å². The van der Waals surface area contributed by atoms with Crippen LogP contribution in [0.4, 0.5) is 0 Å². The number of carbonyl (C=O) groups is 1. The number of aliphatic carboxylic acids is 1. The minimum atomic E-state index is -5.50. The van der Waals surface area contributed by atoms with Crippen molar-refractivity contribution in [3.05, 3.63) is 0 Å². The highest BCUT2D eigenvalue weighted by molar-refractivity contribution is 7.72. The van der Waals surface area contributed by atoms with E-state index in [4.69, 9.17) is 5.11 Å². The lowest BCUT2D eigenvalue weighted by Gasteiger charge is -2.46. The van der Waals surface area contributed by atoms with Crippen molar-refractivity contribution in [2.45, 2.75) is 30.4 Å². The van der Waals surface area contributed by atoms with Gasteiger partial charge in [0.15, 0.2) is 0 Å². The van der Waals surface area contributed by atoms with Crippen molar-refractivity contribution in [3.63, 3.8) is 0 Å². The van der Waals surface area contributed by atoms with E-state index in [1.165, 1.54) is 0 Å². The van der Waals surface area contributed by atoms with E-state index in [9.17, 15) is 38.6 Å². The Morgan fingerprint density at radius 2 is 1.59 bits per heavy atom. The fraction of sp³-hybridized carbons (Fsp3) is 0.900. The lowest BCUT2D eigenvalue weighted by molar-refractivity contribution is -0.923. The standard InChI is InChI=1S/C10H21NO9P2/c1-11(2)6-7(9(12)13)3-4-8(11)5-10(14,21(15,16)17)22(18,19)20/h7-8,14H,3-6H2,1-2H3,(H4-,12,13,15,16,17,18,19,20)/p+1. The van der Waals surface area contributed by atoms with Crippen molar-refractivity contribution >= 4 is 21.2 Å². The molecule has 130 valence electrons. The lowest BCUT2D eigenvalue weighted by Crippen LogP contribution is -2.58. The lowest BCUT2D eigenvalue weighted by atomic mass is 9.89. The van der Waals surface area contributed by atoms with Gasteiger partial charge in [0.2, 0.25) is 0 Å². The third-order valence-electron chi connectivity index (χ3n) is 4.32. The van der Waals surface area contributed by atoms with Crippen LogP contribution in [0.2, 0.25) is 0 Å². The van der Waals surface area contributed by atoms with E-state index < -0.39 is 44.6 Å². The Morgan fingerprint density at radius 3 is 1.91 bits per heavy atom. The van der Waals surface area contributed by atoms with Gasteiger partial charge in [0.1, 0.15) is 5.92 Å². The van der Waals surface area contributed by atoms with Gasteiger partial charge in [-0.05, 0) is 6.42 Å². The number of aliphatic hydroxyl groups is 1. The van der Waals surface area contributed by atoms with Crippen LogP contribution in [0.3, 0.4) is 0 Å². The molecule has 12 heteroatoms. The van der Waals surface area contributed by atoms with Gasteiger partial charge >= 0.3 is 21.2 Å². The van der Waals surface area contributed by atoms with E-state index in [1.54, 1.807) is 14.1 Å². The minimum Gasteiger partial charge on any atom is -0.481 e. The molecule has 2 atom stereocenters. The first-order valence-electron chi connectivity index (χ1n) is 6.51. The molecule has 1 saturated heterocycles. The first-order chi connectivity index (χ1) is 9.62. The average Bonchev–Trinajstić information content (AvgIpc) is 2.27. The maximum absolute atomic E-state index is 11.4. The third-order valence-corrected chi connectivity index (χ3v) is 8.11. The number of carboxylic acid groups (broad SMARTS) is 1. The molecule has 1 aliphatic heterocycles. The summed E-state index contributed by atoms with van der Waals surface area (Å²) in [5.41, 5.74) is 0. The first kappa shape index (κ1) is 19.7. The van der Waals surface area contributed by atoms with Crippen LogP contribution in [0.25, 0.3) is 0 Å². The molecule has 1 heterocycles. The highest BCUT2D eigenvalue weighted by atomic mass is 31.2. The molecule has 0 saturated carbocycles. The van der Waals surface area contributed by atoms with Gasteiger partial charge in [0.05, 0.1) is 33.1 Å². The summed E-state index contributed by atoms with van der Waals surface area (Å²) in [5, 5.41) is 15.6. The normalized spacial score (nSPS) is 26.7. The summed E-state index contributed by atoms with van der Waals surface area (Å²) in [6, 6.07) is -0.694. The number of piperidine rings is 1. The van der Waals surface area contributed by atoms with E-state index in [2.05, 4.69) is 0 Å². The highest BCUT2D eigenvalue weighted by Crippen LogP contribution is 2.69. The second-order valence-corrected chi connectivity index (χ2v) is 10.3. The number of carboxylic acids is 1. The van der Waals surface area contributed by atoms with Crippen LogP contribution in [-0.4, -0.2) is 72.0 Å². The molecule has 2 unspecified atom stereocenters. The van der Waals surface area contributed by atoms with Crippen molar-refractivity contribution < 1.29 is 48.2 Å². The summed E-state index contributed by atoms with van der Waals surface area (Å²) in [7, 11) is -7.81. The average molecular weight is 362 g/mol. The summed E-state index contributed by atoms with van der Waals surface area (Å²) >= 11 is 0. The molecule has 0 aromatic carbocycles. The second kappa shape index (κ2) is 5.96. The molecular weight excluding hydrogens is 340 g/mol. The molecule has 0 aromatic heterocycles. The molecule has 0 aromatic rings. The van der Waals surface area contributed by atoms with E-state index in [0.717, 1.165) is 0 Å². The van der Waals surface area contributed by atoms with E-state index in [-0.39, 0.29) is 23.9 Å². The summed E-state index contributed by atoms with van der Waals surface area (Å²) in [6.45, 7) is 0.137. The fourth-order valence-electron chi connectivity index (χ4n) is 2.83. The predicted octanol–water partition coefficient (Wildman–Crippen LogP) is -0.682. The van der Waals surface area contributed by atoms with Crippen molar-refractivity contribution in [2.75, 3.05) is 20.6 Å². The van der Waals surface area contributed by atoms with Crippen LogP contribution in [-0.2, 0) is 13.9 Å². The molecule has 1 rings (SSSR count). The fourth-order valence-corrected chi connectivity index (χ4v) is 5.08. The third kappa shape index (κ3) is 3.77. The van der Waals surface area contributed by atoms with Crippen LogP contribution in [0.1, 0.15) is 19.3 Å². The Kier molecular flexibility index (Phi) is 5.35. The molecule has 6 N–H and O–H groups in total. The Bertz CT molecular complexity index is 515. The van der Waals surface area contributed by atoms with Crippen LogP contribution < -0.4 is 0 Å². The monoisotopic (exact) mass is 362 g/mol. The van der Waals surface area contributed by atoms with E-state index >= 15 is 0 Å². The van der Waals surface area contributed by atoms with Gasteiger partial charge in [-0.2, -0.15) is 0 Å².